The van der Waals surface area contributed by atoms with Crippen molar-refractivity contribution in [1.29, 1.82) is 0 Å². The molecule has 14 heavy (non-hydrogen) atoms. The van der Waals surface area contributed by atoms with Gasteiger partial charge in [0.05, 0.1) is 6.61 Å². The van der Waals surface area contributed by atoms with E-state index in [1.807, 2.05) is 6.92 Å². The van der Waals surface area contributed by atoms with Crippen LogP contribution in [0.15, 0.2) is 0 Å². The Morgan fingerprint density at radius 1 is 1.29 bits per heavy atom. The first-order valence-corrected chi connectivity index (χ1v) is 7.64. The highest BCUT2D eigenvalue weighted by Crippen LogP contribution is 2.23. The number of hydrogen-bond donors (Lipinski definition) is 0. The van der Waals surface area contributed by atoms with E-state index < -0.39 is 0 Å². The summed E-state index contributed by atoms with van der Waals surface area (Å²) >= 11 is 0. The summed E-state index contributed by atoms with van der Waals surface area (Å²) in [5.41, 5.74) is 0. The van der Waals surface area contributed by atoms with E-state index in [9.17, 15) is 0 Å². The molecule has 2 nitrogen and oxygen atoms in total. The largest absolute Gasteiger partial charge is 0.400 e. The molecule has 0 aromatic carbocycles. The number of ether oxygens (including phenoxy) is 1. The van der Waals surface area contributed by atoms with Crippen molar-refractivity contribution in [3.63, 3.8) is 0 Å². The molecule has 1 rings (SSSR count). The second-order valence-electron chi connectivity index (χ2n) is 4.28. The minimum Gasteiger partial charge on any atom is -0.400 e. The highest BCUT2D eigenvalue weighted by molar-refractivity contribution is 6.26. The zero-order valence-corrected chi connectivity index (χ0v) is 11.0. The molecule has 1 fully saturated rings. The molecular formula is C11H24O2Si. The van der Waals surface area contributed by atoms with E-state index in [0.29, 0.717) is 0 Å². The second-order valence-corrected chi connectivity index (χ2v) is 6.02. The van der Waals surface area contributed by atoms with E-state index in [2.05, 4.69) is 6.92 Å². The zero-order chi connectivity index (χ0) is 10.2. The maximum Gasteiger partial charge on any atom is 0.164 e. The Morgan fingerprint density at radius 2 is 2.00 bits per heavy atom. The van der Waals surface area contributed by atoms with Gasteiger partial charge in [-0.25, -0.2) is 0 Å². The summed E-state index contributed by atoms with van der Waals surface area (Å²) in [4.78, 5) is 0. The van der Waals surface area contributed by atoms with E-state index in [1.165, 1.54) is 38.1 Å². The number of rotatable bonds is 6. The van der Waals surface area contributed by atoms with Crippen molar-refractivity contribution in [2.24, 2.45) is 5.92 Å². The van der Waals surface area contributed by atoms with E-state index in [4.69, 9.17) is 9.16 Å². The lowest BCUT2D eigenvalue weighted by atomic mass is 9.90. The van der Waals surface area contributed by atoms with Crippen LogP contribution in [-0.4, -0.2) is 22.7 Å². The molecule has 0 aromatic heterocycles. The third-order valence-corrected chi connectivity index (χ3v) is 3.96. The van der Waals surface area contributed by atoms with Crippen molar-refractivity contribution < 1.29 is 9.16 Å². The van der Waals surface area contributed by atoms with Gasteiger partial charge in [0.15, 0.2) is 9.76 Å². The van der Waals surface area contributed by atoms with Crippen molar-refractivity contribution in [2.75, 3.05) is 6.61 Å². The first-order chi connectivity index (χ1) is 6.83. The van der Waals surface area contributed by atoms with Gasteiger partial charge in [0.1, 0.15) is 6.29 Å². The lowest BCUT2D eigenvalue weighted by molar-refractivity contribution is -0.0815. The highest BCUT2D eigenvalue weighted by atomic mass is 28.2. The Morgan fingerprint density at radius 3 is 2.64 bits per heavy atom. The van der Waals surface area contributed by atoms with Crippen LogP contribution >= 0.6 is 0 Å². The van der Waals surface area contributed by atoms with E-state index in [1.54, 1.807) is 0 Å². The van der Waals surface area contributed by atoms with Crippen molar-refractivity contribution in [3.8, 4) is 0 Å². The first-order valence-electron chi connectivity index (χ1n) is 6.06. The fraction of sp³-hybridized carbons (Fsp3) is 1.00. The van der Waals surface area contributed by atoms with Gasteiger partial charge in [0.25, 0.3) is 0 Å². The lowest BCUT2D eigenvalue weighted by Crippen LogP contribution is -2.21. The first kappa shape index (κ1) is 12.2. The molecule has 0 heterocycles. The monoisotopic (exact) mass is 216 g/mol. The molecule has 1 unspecified atom stereocenters. The molecule has 0 N–H and O–H groups in total. The van der Waals surface area contributed by atoms with Crippen LogP contribution in [0.2, 0.25) is 6.04 Å². The Balaban J connectivity index is 2.00. The van der Waals surface area contributed by atoms with Gasteiger partial charge in [-0.15, -0.1) is 0 Å². The number of hydrogen-bond acceptors (Lipinski definition) is 2. The molecular weight excluding hydrogens is 192 g/mol. The van der Waals surface area contributed by atoms with Crippen LogP contribution in [0.5, 0.6) is 0 Å². The van der Waals surface area contributed by atoms with Gasteiger partial charge in [-0.2, -0.15) is 0 Å². The zero-order valence-electron chi connectivity index (χ0n) is 9.63. The third kappa shape index (κ3) is 5.13. The van der Waals surface area contributed by atoms with E-state index in [-0.39, 0.29) is 16.1 Å². The molecule has 0 aliphatic heterocycles. The summed E-state index contributed by atoms with van der Waals surface area (Å²) in [7, 11) is -0.299. The topological polar surface area (TPSA) is 18.5 Å². The summed E-state index contributed by atoms with van der Waals surface area (Å²) in [5, 5.41) is 0. The molecule has 0 radical (unpaired) electrons. The van der Waals surface area contributed by atoms with Crippen LogP contribution in [-0.2, 0) is 9.16 Å². The SMILES string of the molecule is CC[SiH2]OC(C)OCC1CCCCC1. The molecule has 0 aromatic rings. The van der Waals surface area contributed by atoms with E-state index >= 15 is 0 Å². The molecule has 1 aliphatic rings. The standard InChI is InChI=1S/C11H24O2Si/c1-3-14-13-10(2)12-9-11-7-5-4-6-8-11/h10-11H,3-9,14H2,1-2H3. The summed E-state index contributed by atoms with van der Waals surface area (Å²) in [6, 6.07) is 1.21. The van der Waals surface area contributed by atoms with Crippen LogP contribution in [0.1, 0.15) is 46.0 Å². The van der Waals surface area contributed by atoms with Gasteiger partial charge in [0.2, 0.25) is 0 Å². The maximum atomic E-state index is 5.70. The van der Waals surface area contributed by atoms with Crippen LogP contribution in [0.25, 0.3) is 0 Å². The van der Waals surface area contributed by atoms with Crippen LogP contribution < -0.4 is 0 Å². The predicted octanol–water partition coefficient (Wildman–Crippen LogP) is 2.47. The molecule has 0 saturated heterocycles. The smallest absolute Gasteiger partial charge is 0.164 e. The van der Waals surface area contributed by atoms with Gasteiger partial charge in [0, 0.05) is 0 Å². The lowest BCUT2D eigenvalue weighted by Gasteiger charge is -2.23. The van der Waals surface area contributed by atoms with Gasteiger partial charge in [-0.1, -0.05) is 26.2 Å². The quantitative estimate of drug-likeness (QED) is 0.501. The van der Waals surface area contributed by atoms with Crippen molar-refractivity contribution >= 4 is 9.76 Å². The Bertz CT molecular complexity index is 135. The summed E-state index contributed by atoms with van der Waals surface area (Å²) < 4.78 is 11.3. The Hall–Kier alpha value is 0.137. The second kappa shape index (κ2) is 7.43. The minimum absolute atomic E-state index is 0.0449. The van der Waals surface area contributed by atoms with Crippen molar-refractivity contribution in [2.45, 2.75) is 58.3 Å². The fourth-order valence-electron chi connectivity index (χ4n) is 1.96. The average molecular weight is 216 g/mol. The Kier molecular flexibility index (Phi) is 6.48. The molecule has 3 heteroatoms. The molecule has 1 saturated carbocycles. The Labute approximate surface area is 90.3 Å². The maximum absolute atomic E-state index is 5.70. The fourth-order valence-corrected chi connectivity index (χ4v) is 2.62. The molecule has 84 valence electrons. The van der Waals surface area contributed by atoms with Crippen molar-refractivity contribution in [3.05, 3.63) is 0 Å². The van der Waals surface area contributed by atoms with Crippen LogP contribution in [0.3, 0.4) is 0 Å². The van der Waals surface area contributed by atoms with E-state index in [0.717, 1.165) is 12.5 Å². The van der Waals surface area contributed by atoms with Gasteiger partial charge >= 0.3 is 0 Å². The van der Waals surface area contributed by atoms with Crippen LogP contribution in [0, 0.1) is 5.92 Å². The summed E-state index contributed by atoms with van der Waals surface area (Å²) in [5.74, 6) is 0.804. The summed E-state index contributed by atoms with van der Waals surface area (Å²) in [6.07, 6.45) is 6.98. The molecule has 0 bridgehead atoms. The predicted molar refractivity (Wildman–Crippen MR) is 62.1 cm³/mol. The molecule has 0 spiro atoms. The molecule has 0 amide bonds. The summed E-state index contributed by atoms with van der Waals surface area (Å²) in [6.45, 7) is 5.13. The highest BCUT2D eigenvalue weighted by Gasteiger charge is 2.14. The molecule has 1 aliphatic carbocycles. The normalized spacial score (nSPS) is 21.9. The molecule has 1 atom stereocenters. The minimum atomic E-state index is -0.299. The van der Waals surface area contributed by atoms with Crippen LogP contribution in [0.4, 0.5) is 0 Å². The van der Waals surface area contributed by atoms with Gasteiger partial charge in [-0.05, 0) is 31.7 Å². The van der Waals surface area contributed by atoms with Gasteiger partial charge in [-0.3, -0.25) is 0 Å². The van der Waals surface area contributed by atoms with Crippen molar-refractivity contribution in [1.82, 2.24) is 0 Å². The van der Waals surface area contributed by atoms with Gasteiger partial charge < -0.3 is 9.16 Å². The average Bonchev–Trinajstić information content (AvgIpc) is 2.25. The third-order valence-electron chi connectivity index (χ3n) is 2.85.